The number of carbonyl (C=O) groups is 1. The lowest BCUT2D eigenvalue weighted by atomic mass is 10.2. The summed E-state index contributed by atoms with van der Waals surface area (Å²) < 4.78 is 38.9. The first-order valence-corrected chi connectivity index (χ1v) is 10.2. The van der Waals surface area contributed by atoms with Gasteiger partial charge in [0, 0.05) is 0 Å². The third kappa shape index (κ3) is 5.81. The lowest BCUT2D eigenvalue weighted by Crippen LogP contribution is -2.13. The van der Waals surface area contributed by atoms with E-state index in [-0.39, 0.29) is 18.1 Å². The maximum absolute atomic E-state index is 12.4. The summed E-state index contributed by atoms with van der Waals surface area (Å²) in [6, 6.07) is 21.6. The van der Waals surface area contributed by atoms with Gasteiger partial charge in [0.1, 0.15) is 36.0 Å². The van der Waals surface area contributed by atoms with Crippen LogP contribution < -0.4 is 14.6 Å². The zero-order chi connectivity index (χ0) is 20.7. The van der Waals surface area contributed by atoms with Crippen LogP contribution in [0.1, 0.15) is 10.4 Å². The summed E-state index contributed by atoms with van der Waals surface area (Å²) in [6.07, 6.45) is 0. The Morgan fingerprint density at radius 1 is 0.793 bits per heavy atom. The van der Waals surface area contributed by atoms with Crippen LogP contribution in [0.15, 0.2) is 83.8 Å². The summed E-state index contributed by atoms with van der Waals surface area (Å²) in [5.74, 6) is 0.896. The van der Waals surface area contributed by atoms with Crippen LogP contribution in [0, 0.1) is 0 Å². The summed E-state index contributed by atoms with van der Waals surface area (Å²) in [5, 5.41) is 5.04. The van der Waals surface area contributed by atoms with E-state index in [1.807, 2.05) is 18.2 Å². The molecule has 8 heteroatoms. The second-order valence-corrected chi connectivity index (χ2v) is 7.47. The zero-order valence-corrected chi connectivity index (χ0v) is 16.2. The van der Waals surface area contributed by atoms with Gasteiger partial charge in [-0.15, -0.1) is 0 Å². The lowest BCUT2D eigenvalue weighted by molar-refractivity contribution is 0.0447. The van der Waals surface area contributed by atoms with Gasteiger partial charge in [-0.3, -0.25) is 0 Å². The van der Waals surface area contributed by atoms with Crippen LogP contribution in [0.5, 0.6) is 17.2 Å². The Morgan fingerprint density at radius 3 is 2.14 bits per heavy atom. The van der Waals surface area contributed by atoms with E-state index in [1.54, 1.807) is 36.4 Å². The topological polar surface area (TPSA) is 105 Å². The maximum Gasteiger partial charge on any atom is 0.342 e. The van der Waals surface area contributed by atoms with Gasteiger partial charge in [-0.25, -0.2) is 18.4 Å². The van der Waals surface area contributed by atoms with Crippen molar-refractivity contribution in [3.05, 3.63) is 84.4 Å². The Labute approximate surface area is 168 Å². The number of para-hydroxylation sites is 2. The first kappa shape index (κ1) is 20.4. The summed E-state index contributed by atoms with van der Waals surface area (Å²) in [4.78, 5) is 12.4. The van der Waals surface area contributed by atoms with Crippen LogP contribution in [0.3, 0.4) is 0 Å². The minimum atomic E-state index is -3.75. The predicted octanol–water partition coefficient (Wildman–Crippen LogP) is 3.36. The fourth-order valence-corrected chi connectivity index (χ4v) is 2.95. The van der Waals surface area contributed by atoms with E-state index in [1.165, 1.54) is 24.3 Å². The molecule has 0 amide bonds. The number of benzene rings is 3. The zero-order valence-electron chi connectivity index (χ0n) is 15.4. The Hall–Kier alpha value is -3.36. The van der Waals surface area contributed by atoms with Crippen molar-refractivity contribution in [1.29, 1.82) is 0 Å². The molecule has 7 nitrogen and oxygen atoms in total. The van der Waals surface area contributed by atoms with E-state index in [2.05, 4.69) is 0 Å². The predicted molar refractivity (Wildman–Crippen MR) is 107 cm³/mol. The SMILES string of the molecule is NS(=O)(=O)c1ccc(OCCOC(=O)c2ccccc2Oc2ccccc2)cc1. The monoisotopic (exact) mass is 413 g/mol. The number of primary sulfonamides is 1. The van der Waals surface area contributed by atoms with Crippen LogP contribution >= 0.6 is 0 Å². The van der Waals surface area contributed by atoms with Gasteiger partial charge in [-0.1, -0.05) is 30.3 Å². The quantitative estimate of drug-likeness (QED) is 0.448. The molecule has 0 bridgehead atoms. The van der Waals surface area contributed by atoms with Crippen molar-refractivity contribution in [2.45, 2.75) is 4.90 Å². The molecule has 0 aliphatic carbocycles. The van der Waals surface area contributed by atoms with Crippen molar-refractivity contribution >= 4 is 16.0 Å². The number of ether oxygens (including phenoxy) is 3. The van der Waals surface area contributed by atoms with Crippen molar-refractivity contribution in [1.82, 2.24) is 0 Å². The van der Waals surface area contributed by atoms with Crippen LogP contribution in [-0.2, 0) is 14.8 Å². The maximum atomic E-state index is 12.4. The lowest BCUT2D eigenvalue weighted by Gasteiger charge is -2.11. The molecular weight excluding hydrogens is 394 g/mol. The number of sulfonamides is 1. The molecule has 0 saturated heterocycles. The molecule has 150 valence electrons. The van der Waals surface area contributed by atoms with Crippen LogP contribution in [0.25, 0.3) is 0 Å². The van der Waals surface area contributed by atoms with Crippen LogP contribution in [-0.4, -0.2) is 27.6 Å². The molecule has 2 N–H and O–H groups in total. The molecule has 0 atom stereocenters. The molecule has 0 unspecified atom stereocenters. The number of rotatable bonds is 8. The van der Waals surface area contributed by atoms with Gasteiger partial charge in [0.05, 0.1) is 4.90 Å². The fraction of sp³-hybridized carbons (Fsp3) is 0.0952. The highest BCUT2D eigenvalue weighted by Crippen LogP contribution is 2.25. The molecule has 0 spiro atoms. The van der Waals surface area contributed by atoms with E-state index in [0.29, 0.717) is 22.8 Å². The summed E-state index contributed by atoms with van der Waals surface area (Å²) in [7, 11) is -3.75. The van der Waals surface area contributed by atoms with Gasteiger partial charge in [-0.2, -0.15) is 0 Å². The highest BCUT2D eigenvalue weighted by molar-refractivity contribution is 7.89. The molecule has 0 aromatic heterocycles. The number of hydrogen-bond acceptors (Lipinski definition) is 6. The number of carbonyl (C=O) groups excluding carboxylic acids is 1. The minimum Gasteiger partial charge on any atom is -0.490 e. The molecular formula is C21H19NO6S. The Bertz CT molecular complexity index is 1070. The molecule has 3 rings (SSSR count). The molecule has 0 saturated carbocycles. The van der Waals surface area contributed by atoms with Gasteiger partial charge < -0.3 is 14.2 Å². The van der Waals surface area contributed by atoms with E-state index in [9.17, 15) is 13.2 Å². The number of esters is 1. The highest BCUT2D eigenvalue weighted by Gasteiger charge is 2.14. The third-order valence-electron chi connectivity index (χ3n) is 3.82. The average molecular weight is 413 g/mol. The largest absolute Gasteiger partial charge is 0.490 e. The van der Waals surface area contributed by atoms with E-state index in [0.717, 1.165) is 0 Å². The van der Waals surface area contributed by atoms with Crippen molar-refractivity contribution in [2.75, 3.05) is 13.2 Å². The summed E-state index contributed by atoms with van der Waals surface area (Å²) >= 11 is 0. The average Bonchev–Trinajstić information content (AvgIpc) is 2.72. The van der Waals surface area contributed by atoms with Crippen LogP contribution in [0.2, 0.25) is 0 Å². The van der Waals surface area contributed by atoms with Crippen molar-refractivity contribution in [3.8, 4) is 17.2 Å². The van der Waals surface area contributed by atoms with Gasteiger partial charge in [0.15, 0.2) is 0 Å². The smallest absolute Gasteiger partial charge is 0.342 e. The van der Waals surface area contributed by atoms with Crippen molar-refractivity contribution in [3.63, 3.8) is 0 Å². The Morgan fingerprint density at radius 2 is 1.45 bits per heavy atom. The summed E-state index contributed by atoms with van der Waals surface area (Å²) in [6.45, 7) is 0.109. The van der Waals surface area contributed by atoms with E-state index >= 15 is 0 Å². The number of hydrogen-bond donors (Lipinski definition) is 1. The first-order valence-electron chi connectivity index (χ1n) is 8.68. The van der Waals surface area contributed by atoms with Gasteiger partial charge in [-0.05, 0) is 48.5 Å². The standard InChI is InChI=1S/C21H19NO6S/c22-29(24,25)18-12-10-16(11-13-18)26-14-15-27-21(23)19-8-4-5-9-20(19)28-17-6-2-1-3-7-17/h1-13H,14-15H2,(H2,22,24,25). The second kappa shape index (κ2) is 9.22. The van der Waals surface area contributed by atoms with Gasteiger partial charge >= 0.3 is 5.97 Å². The molecule has 29 heavy (non-hydrogen) atoms. The fourth-order valence-electron chi connectivity index (χ4n) is 2.44. The molecule has 0 fully saturated rings. The number of nitrogens with two attached hydrogens (primary N) is 1. The van der Waals surface area contributed by atoms with Gasteiger partial charge in [0.25, 0.3) is 0 Å². The first-order chi connectivity index (χ1) is 13.9. The molecule has 0 radical (unpaired) electrons. The van der Waals surface area contributed by atoms with E-state index < -0.39 is 16.0 Å². The molecule has 3 aromatic rings. The van der Waals surface area contributed by atoms with Crippen molar-refractivity contribution in [2.24, 2.45) is 5.14 Å². The normalized spacial score (nSPS) is 10.9. The minimum absolute atomic E-state index is 0.00805. The molecule has 0 aliphatic heterocycles. The summed E-state index contributed by atoms with van der Waals surface area (Å²) in [5.41, 5.74) is 0.300. The highest BCUT2D eigenvalue weighted by atomic mass is 32.2. The Kier molecular flexibility index (Phi) is 6.48. The molecule has 0 heterocycles. The molecule has 3 aromatic carbocycles. The van der Waals surface area contributed by atoms with Crippen molar-refractivity contribution < 1.29 is 27.4 Å². The Balaban J connectivity index is 1.54. The van der Waals surface area contributed by atoms with Gasteiger partial charge in [0.2, 0.25) is 10.0 Å². The van der Waals surface area contributed by atoms with E-state index in [4.69, 9.17) is 19.3 Å². The molecule has 0 aliphatic rings. The third-order valence-corrected chi connectivity index (χ3v) is 4.74. The van der Waals surface area contributed by atoms with Crippen LogP contribution in [0.4, 0.5) is 0 Å². The second-order valence-electron chi connectivity index (χ2n) is 5.91.